The van der Waals surface area contributed by atoms with Gasteiger partial charge in [-0.05, 0) is 77.6 Å². The van der Waals surface area contributed by atoms with Crippen molar-refractivity contribution in [2.75, 3.05) is 33.5 Å². The van der Waals surface area contributed by atoms with E-state index in [0.29, 0.717) is 26.4 Å². The first-order valence-corrected chi connectivity index (χ1v) is 11.2. The lowest BCUT2D eigenvalue weighted by Gasteiger charge is -2.19. The minimum Gasteiger partial charge on any atom is -0.498 e. The number of hydrogen-bond donors (Lipinski definition) is 0. The summed E-state index contributed by atoms with van der Waals surface area (Å²) in [4.78, 5) is 0. The van der Waals surface area contributed by atoms with Crippen LogP contribution in [-0.2, 0) is 9.47 Å². The van der Waals surface area contributed by atoms with Gasteiger partial charge in [-0.25, -0.2) is 0 Å². The molecule has 0 bridgehead atoms. The second-order valence-corrected chi connectivity index (χ2v) is 7.59. The van der Waals surface area contributed by atoms with E-state index in [1.165, 1.54) is 12.5 Å². The van der Waals surface area contributed by atoms with Crippen LogP contribution in [0.15, 0.2) is 80.3 Å². The molecule has 5 heteroatoms. The lowest BCUT2D eigenvalue weighted by Crippen LogP contribution is -2.04. The molecular weight excluding hydrogens is 428 g/mol. The highest BCUT2D eigenvalue weighted by Gasteiger charge is 2.17. The number of benzene rings is 3. The van der Waals surface area contributed by atoms with Crippen molar-refractivity contribution < 1.29 is 23.7 Å². The van der Waals surface area contributed by atoms with Crippen LogP contribution in [0.1, 0.15) is 11.1 Å². The van der Waals surface area contributed by atoms with Gasteiger partial charge in [0.05, 0.1) is 19.6 Å². The quantitative estimate of drug-likeness (QED) is 0.209. The summed E-state index contributed by atoms with van der Waals surface area (Å²) < 4.78 is 27.4. The number of rotatable bonds is 13. The molecule has 0 saturated carbocycles. The molecule has 178 valence electrons. The van der Waals surface area contributed by atoms with Gasteiger partial charge in [-0.1, -0.05) is 37.4 Å². The van der Waals surface area contributed by atoms with E-state index in [1.807, 2.05) is 24.3 Å². The van der Waals surface area contributed by atoms with Crippen molar-refractivity contribution in [3.8, 4) is 39.5 Å². The van der Waals surface area contributed by atoms with Crippen molar-refractivity contribution in [2.24, 2.45) is 0 Å². The molecule has 3 aromatic carbocycles. The van der Waals surface area contributed by atoms with Crippen LogP contribution in [0.4, 0.5) is 0 Å². The van der Waals surface area contributed by atoms with Crippen molar-refractivity contribution in [3.63, 3.8) is 0 Å². The normalized spacial score (nSPS) is 10.3. The summed E-state index contributed by atoms with van der Waals surface area (Å²) in [5, 5.41) is 0. The van der Waals surface area contributed by atoms with E-state index in [2.05, 4.69) is 57.3 Å². The topological polar surface area (TPSA) is 46.2 Å². The molecule has 0 fully saturated rings. The highest BCUT2D eigenvalue weighted by atomic mass is 16.5. The lowest BCUT2D eigenvalue weighted by atomic mass is 9.88. The largest absolute Gasteiger partial charge is 0.498 e. The third-order valence-electron chi connectivity index (χ3n) is 5.39. The number of aryl methyl sites for hydroxylation is 1. The molecule has 0 atom stereocenters. The average molecular weight is 461 g/mol. The number of ether oxygens (including phenoxy) is 5. The third kappa shape index (κ3) is 6.13. The van der Waals surface area contributed by atoms with E-state index in [1.54, 1.807) is 7.11 Å². The first-order valence-electron chi connectivity index (χ1n) is 11.2. The van der Waals surface area contributed by atoms with Crippen molar-refractivity contribution in [1.82, 2.24) is 0 Å². The third-order valence-corrected chi connectivity index (χ3v) is 5.39. The molecule has 3 rings (SSSR count). The van der Waals surface area contributed by atoms with E-state index >= 15 is 0 Å². The van der Waals surface area contributed by atoms with Gasteiger partial charge in [0.1, 0.15) is 43.7 Å². The molecule has 0 aliphatic carbocycles. The molecule has 0 amide bonds. The van der Waals surface area contributed by atoms with Crippen molar-refractivity contribution in [1.29, 1.82) is 0 Å². The van der Waals surface area contributed by atoms with Crippen LogP contribution < -0.4 is 14.2 Å². The monoisotopic (exact) mass is 460 g/mol. The maximum Gasteiger partial charge on any atom is 0.125 e. The molecular formula is C29H32O5. The zero-order chi connectivity index (χ0) is 24.3. The van der Waals surface area contributed by atoms with E-state index in [4.69, 9.17) is 23.7 Å². The standard InChI is InChI=1S/C29H32O5/c1-6-31-16-18-33-25-12-8-23(9-13-25)27-20-21(3)29(30-5)22(4)28(27)24-10-14-26(15-11-24)34-19-17-32-7-2/h6-15,20H,1-2,16-19H2,3-5H3. The maximum absolute atomic E-state index is 5.74. The Kier molecular flexibility index (Phi) is 9.04. The molecule has 0 spiro atoms. The zero-order valence-electron chi connectivity index (χ0n) is 20.1. The molecule has 0 radical (unpaired) electrons. The van der Waals surface area contributed by atoms with E-state index < -0.39 is 0 Å². The van der Waals surface area contributed by atoms with Crippen LogP contribution in [0.2, 0.25) is 0 Å². The highest BCUT2D eigenvalue weighted by molar-refractivity contribution is 5.88. The Morgan fingerprint density at radius 1 is 0.706 bits per heavy atom. The summed E-state index contributed by atoms with van der Waals surface area (Å²) in [5.74, 6) is 2.47. The minimum atomic E-state index is 0.460. The summed E-state index contributed by atoms with van der Waals surface area (Å²) in [5.41, 5.74) is 6.61. The molecule has 0 aliphatic rings. The summed E-state index contributed by atoms with van der Waals surface area (Å²) in [6.45, 7) is 13.1. The summed E-state index contributed by atoms with van der Waals surface area (Å²) >= 11 is 0. The van der Waals surface area contributed by atoms with Crippen LogP contribution in [0.5, 0.6) is 17.2 Å². The van der Waals surface area contributed by atoms with Gasteiger partial charge in [-0.2, -0.15) is 0 Å². The Hall–Kier alpha value is -3.86. The first-order chi connectivity index (χ1) is 16.6. The van der Waals surface area contributed by atoms with Crippen molar-refractivity contribution >= 4 is 0 Å². The predicted octanol–water partition coefficient (Wildman–Crippen LogP) is 6.72. The van der Waals surface area contributed by atoms with Gasteiger partial charge in [0, 0.05) is 0 Å². The smallest absolute Gasteiger partial charge is 0.125 e. The summed E-state index contributed by atoms with van der Waals surface area (Å²) in [7, 11) is 1.71. The molecule has 5 nitrogen and oxygen atoms in total. The Morgan fingerprint density at radius 2 is 1.21 bits per heavy atom. The molecule has 34 heavy (non-hydrogen) atoms. The van der Waals surface area contributed by atoms with E-state index in [-0.39, 0.29) is 0 Å². The second-order valence-electron chi connectivity index (χ2n) is 7.59. The van der Waals surface area contributed by atoms with Gasteiger partial charge < -0.3 is 23.7 Å². The van der Waals surface area contributed by atoms with Gasteiger partial charge in [0.2, 0.25) is 0 Å². The first kappa shape index (κ1) is 24.8. The molecule has 3 aromatic rings. The van der Waals surface area contributed by atoms with Crippen molar-refractivity contribution in [2.45, 2.75) is 13.8 Å². The molecule has 0 aliphatic heterocycles. The van der Waals surface area contributed by atoms with Crippen molar-refractivity contribution in [3.05, 3.63) is 91.4 Å². The Morgan fingerprint density at radius 3 is 1.68 bits per heavy atom. The van der Waals surface area contributed by atoms with Gasteiger partial charge >= 0.3 is 0 Å². The molecule has 0 heterocycles. The predicted molar refractivity (Wildman–Crippen MR) is 137 cm³/mol. The number of methoxy groups -OCH3 is 1. The van der Waals surface area contributed by atoms with E-state index in [0.717, 1.165) is 50.6 Å². The molecule has 0 saturated heterocycles. The summed E-state index contributed by atoms with van der Waals surface area (Å²) in [6, 6.07) is 18.4. The van der Waals surface area contributed by atoms with Crippen LogP contribution in [0.25, 0.3) is 22.3 Å². The molecule has 0 unspecified atom stereocenters. The Bertz CT molecular complexity index is 1080. The zero-order valence-corrected chi connectivity index (χ0v) is 20.1. The Labute approximate surface area is 202 Å². The number of hydrogen-bond acceptors (Lipinski definition) is 5. The fraction of sp³-hybridized carbons (Fsp3) is 0.241. The SMILES string of the molecule is C=COCCOc1ccc(-c2cc(C)c(OC)c(C)c2-c2ccc(OCCOC=C)cc2)cc1. The average Bonchev–Trinajstić information content (AvgIpc) is 2.85. The fourth-order valence-corrected chi connectivity index (χ4v) is 3.91. The van der Waals surface area contributed by atoms with Crippen LogP contribution in [-0.4, -0.2) is 33.5 Å². The fourth-order valence-electron chi connectivity index (χ4n) is 3.91. The highest BCUT2D eigenvalue weighted by Crippen LogP contribution is 2.41. The Balaban J connectivity index is 1.91. The van der Waals surface area contributed by atoms with Gasteiger partial charge in [-0.3, -0.25) is 0 Å². The lowest BCUT2D eigenvalue weighted by molar-refractivity contribution is 0.179. The molecule has 0 N–H and O–H groups in total. The molecule has 0 aromatic heterocycles. The minimum absolute atomic E-state index is 0.460. The van der Waals surface area contributed by atoms with Gasteiger partial charge in [-0.15, -0.1) is 0 Å². The van der Waals surface area contributed by atoms with Crippen LogP contribution >= 0.6 is 0 Å². The summed E-state index contributed by atoms with van der Waals surface area (Å²) in [6.07, 6.45) is 2.83. The van der Waals surface area contributed by atoms with Crippen LogP contribution in [0.3, 0.4) is 0 Å². The van der Waals surface area contributed by atoms with Crippen LogP contribution in [0, 0.1) is 13.8 Å². The van der Waals surface area contributed by atoms with E-state index in [9.17, 15) is 0 Å². The maximum atomic E-state index is 5.74. The second kappa shape index (κ2) is 12.4. The van der Waals surface area contributed by atoms with Gasteiger partial charge in [0.15, 0.2) is 0 Å². The van der Waals surface area contributed by atoms with Gasteiger partial charge in [0.25, 0.3) is 0 Å².